The first kappa shape index (κ1) is 23.4. The van der Waals surface area contributed by atoms with Crippen molar-refractivity contribution in [3.05, 3.63) is 70.7 Å². The third-order valence-electron chi connectivity index (χ3n) is 5.90. The van der Waals surface area contributed by atoms with Gasteiger partial charge in [-0.25, -0.2) is 13.4 Å². The molecule has 4 rings (SSSR count). The zero-order valence-corrected chi connectivity index (χ0v) is 20.2. The molecule has 3 aromatic rings. The van der Waals surface area contributed by atoms with E-state index >= 15 is 0 Å². The molecular weight excluding hydrogens is 458 g/mol. The maximum Gasteiger partial charge on any atom is 0.204 e. The zero-order chi connectivity index (χ0) is 23.4. The molecule has 1 fully saturated rings. The van der Waals surface area contributed by atoms with Crippen molar-refractivity contribution >= 4 is 32.1 Å². The molecule has 1 saturated heterocycles. The van der Waals surface area contributed by atoms with E-state index in [1.807, 2.05) is 25.1 Å². The first-order valence-electron chi connectivity index (χ1n) is 10.8. The second kappa shape index (κ2) is 10.0. The van der Waals surface area contributed by atoms with Crippen LogP contribution in [0.15, 0.2) is 59.6 Å². The minimum atomic E-state index is -3.74. The van der Waals surface area contributed by atoms with Gasteiger partial charge < -0.3 is 15.4 Å². The van der Waals surface area contributed by atoms with Crippen LogP contribution in [0, 0.1) is 12.8 Å². The average molecular weight is 486 g/mol. The number of carbonyl (C=O) groups is 1. The largest absolute Gasteiger partial charge is 0.497 e. The summed E-state index contributed by atoms with van der Waals surface area (Å²) in [6.07, 6.45) is 2.96. The fourth-order valence-corrected chi connectivity index (χ4v) is 6.82. The molecular formula is C24H27N3O4S2. The predicted octanol–water partition coefficient (Wildman–Crippen LogP) is 3.90. The van der Waals surface area contributed by atoms with E-state index in [1.165, 1.54) is 24.6 Å². The lowest BCUT2D eigenvalue weighted by molar-refractivity contribution is 0.104. The van der Waals surface area contributed by atoms with Crippen molar-refractivity contribution in [2.24, 2.45) is 5.92 Å². The van der Waals surface area contributed by atoms with Gasteiger partial charge in [-0.05, 0) is 62.5 Å². The molecule has 2 N–H and O–H groups in total. The number of anilines is 1. The highest BCUT2D eigenvalue weighted by molar-refractivity contribution is 7.92. The number of methoxy groups -OCH3 is 1. The van der Waals surface area contributed by atoms with Crippen LogP contribution in [0.5, 0.6) is 5.75 Å². The van der Waals surface area contributed by atoms with E-state index in [0.717, 1.165) is 31.5 Å². The summed E-state index contributed by atoms with van der Waals surface area (Å²) in [5.41, 5.74) is 1.50. The molecule has 1 aromatic heterocycles. The van der Waals surface area contributed by atoms with Gasteiger partial charge in [-0.3, -0.25) is 4.79 Å². The van der Waals surface area contributed by atoms with Gasteiger partial charge in [-0.2, -0.15) is 0 Å². The average Bonchev–Trinajstić information content (AvgIpc) is 3.32. The van der Waals surface area contributed by atoms with Gasteiger partial charge >= 0.3 is 0 Å². The van der Waals surface area contributed by atoms with Crippen molar-refractivity contribution in [2.75, 3.05) is 25.5 Å². The fourth-order valence-electron chi connectivity index (χ4n) is 4.05. The Morgan fingerprint density at radius 3 is 2.67 bits per heavy atom. The van der Waals surface area contributed by atoms with Gasteiger partial charge in [0.15, 0.2) is 15.0 Å². The molecule has 1 atom stereocenters. The highest BCUT2D eigenvalue weighted by atomic mass is 32.2. The SMILES string of the molecule is COc1cccc(S(=O)(=O)C(Nc2ncc(C(=O)c3ccccc3C)s2)C2CCNCC2)c1. The van der Waals surface area contributed by atoms with Crippen LogP contribution in [0.3, 0.4) is 0 Å². The maximum absolute atomic E-state index is 13.7. The number of ketones is 1. The van der Waals surface area contributed by atoms with Gasteiger partial charge in [0, 0.05) is 5.56 Å². The number of carbonyl (C=O) groups excluding carboxylic acids is 1. The number of benzene rings is 2. The Balaban J connectivity index is 1.64. The summed E-state index contributed by atoms with van der Waals surface area (Å²) in [6, 6.07) is 13.9. The van der Waals surface area contributed by atoms with Crippen LogP contribution in [-0.2, 0) is 9.84 Å². The van der Waals surface area contributed by atoms with Crippen molar-refractivity contribution in [3.63, 3.8) is 0 Å². The second-order valence-electron chi connectivity index (χ2n) is 8.05. The molecule has 0 radical (unpaired) electrons. The number of piperidine rings is 1. The normalized spacial score (nSPS) is 15.7. The summed E-state index contributed by atoms with van der Waals surface area (Å²) in [5.74, 6) is 0.273. The molecule has 0 spiro atoms. The van der Waals surface area contributed by atoms with Crippen molar-refractivity contribution < 1.29 is 17.9 Å². The lowest BCUT2D eigenvalue weighted by Gasteiger charge is -2.31. The molecule has 0 saturated carbocycles. The summed E-state index contributed by atoms with van der Waals surface area (Å²) in [4.78, 5) is 18.0. The molecule has 1 aliphatic rings. The van der Waals surface area contributed by atoms with E-state index < -0.39 is 15.2 Å². The fraction of sp³-hybridized carbons (Fsp3) is 0.333. The number of ether oxygens (including phenoxy) is 1. The van der Waals surface area contributed by atoms with Gasteiger partial charge in [0.2, 0.25) is 5.78 Å². The molecule has 2 heterocycles. The van der Waals surface area contributed by atoms with Gasteiger partial charge in [0.1, 0.15) is 11.1 Å². The molecule has 2 aromatic carbocycles. The highest BCUT2D eigenvalue weighted by Gasteiger charge is 2.36. The molecule has 174 valence electrons. The standard InChI is InChI=1S/C24H27N3O4S2/c1-16-6-3-4-9-20(16)22(28)21-15-26-24(32-21)27-23(17-10-12-25-13-11-17)33(29,30)19-8-5-7-18(14-19)31-2/h3-9,14-15,17,23,25H,10-13H2,1-2H3,(H,26,27). The number of hydrogen-bond acceptors (Lipinski definition) is 8. The Bertz CT molecular complexity index is 1230. The Morgan fingerprint density at radius 2 is 1.94 bits per heavy atom. The van der Waals surface area contributed by atoms with E-state index in [4.69, 9.17) is 4.74 Å². The Hall–Kier alpha value is -2.75. The highest BCUT2D eigenvalue weighted by Crippen LogP contribution is 2.32. The first-order valence-corrected chi connectivity index (χ1v) is 13.2. The smallest absolute Gasteiger partial charge is 0.204 e. The van der Waals surface area contributed by atoms with Gasteiger partial charge in [0.25, 0.3) is 0 Å². The topological polar surface area (TPSA) is 97.4 Å². The number of nitrogens with one attached hydrogen (secondary N) is 2. The summed E-state index contributed by atoms with van der Waals surface area (Å²) in [5, 5.41) is 6.01. The first-order chi connectivity index (χ1) is 15.9. The molecule has 9 heteroatoms. The zero-order valence-electron chi connectivity index (χ0n) is 18.6. The maximum atomic E-state index is 13.7. The summed E-state index contributed by atoms with van der Waals surface area (Å²) < 4.78 is 32.6. The second-order valence-corrected chi connectivity index (χ2v) is 11.2. The molecule has 1 aliphatic heterocycles. The quantitative estimate of drug-likeness (QED) is 0.467. The predicted molar refractivity (Wildman–Crippen MR) is 130 cm³/mol. The van der Waals surface area contributed by atoms with Crippen LogP contribution >= 0.6 is 11.3 Å². The Morgan fingerprint density at radius 1 is 1.18 bits per heavy atom. The molecule has 0 amide bonds. The van der Waals surface area contributed by atoms with Gasteiger partial charge in [-0.1, -0.05) is 41.7 Å². The Kier molecular flexibility index (Phi) is 7.11. The van der Waals surface area contributed by atoms with E-state index in [1.54, 1.807) is 30.3 Å². The van der Waals surface area contributed by atoms with Crippen LogP contribution in [0.25, 0.3) is 0 Å². The van der Waals surface area contributed by atoms with E-state index in [2.05, 4.69) is 15.6 Å². The van der Waals surface area contributed by atoms with E-state index in [-0.39, 0.29) is 16.6 Å². The minimum Gasteiger partial charge on any atom is -0.497 e. The molecule has 0 aliphatic carbocycles. The van der Waals surface area contributed by atoms with Gasteiger partial charge in [-0.15, -0.1) is 0 Å². The molecule has 7 nitrogen and oxygen atoms in total. The minimum absolute atomic E-state index is 0.0955. The lowest BCUT2D eigenvalue weighted by atomic mass is 9.98. The van der Waals surface area contributed by atoms with Crippen molar-refractivity contribution in [3.8, 4) is 5.75 Å². The molecule has 1 unspecified atom stereocenters. The summed E-state index contributed by atoms with van der Waals surface area (Å²) in [7, 11) is -2.23. The summed E-state index contributed by atoms with van der Waals surface area (Å²) in [6.45, 7) is 3.40. The van der Waals surface area contributed by atoms with E-state index in [9.17, 15) is 13.2 Å². The lowest BCUT2D eigenvalue weighted by Crippen LogP contribution is -2.42. The number of aryl methyl sites for hydroxylation is 1. The number of aromatic nitrogens is 1. The number of sulfone groups is 1. The monoisotopic (exact) mass is 485 g/mol. The summed E-state index contributed by atoms with van der Waals surface area (Å²) >= 11 is 1.18. The molecule has 0 bridgehead atoms. The Labute approximate surface area is 198 Å². The van der Waals surface area contributed by atoms with E-state index in [0.29, 0.717) is 21.3 Å². The number of nitrogens with zero attached hydrogens (tertiary/aromatic N) is 1. The van der Waals surface area contributed by atoms with Crippen LogP contribution in [0.1, 0.15) is 33.6 Å². The molecule has 33 heavy (non-hydrogen) atoms. The van der Waals surface area contributed by atoms with Gasteiger partial charge in [0.05, 0.1) is 23.1 Å². The van der Waals surface area contributed by atoms with Crippen LogP contribution in [-0.4, -0.2) is 44.8 Å². The number of rotatable bonds is 8. The third-order valence-corrected chi connectivity index (χ3v) is 8.91. The number of thiazole rings is 1. The van der Waals surface area contributed by atoms with Crippen molar-refractivity contribution in [1.29, 1.82) is 0 Å². The van der Waals surface area contributed by atoms with Crippen LogP contribution in [0.2, 0.25) is 0 Å². The van der Waals surface area contributed by atoms with Crippen LogP contribution < -0.4 is 15.4 Å². The third kappa shape index (κ3) is 5.10. The van der Waals surface area contributed by atoms with Crippen LogP contribution in [0.4, 0.5) is 5.13 Å². The van der Waals surface area contributed by atoms with Crippen molar-refractivity contribution in [1.82, 2.24) is 10.3 Å². The van der Waals surface area contributed by atoms with Crippen molar-refractivity contribution in [2.45, 2.75) is 30.0 Å². The number of hydrogen-bond donors (Lipinski definition) is 2.